The molecule has 0 atom stereocenters. The zero-order chi connectivity index (χ0) is 17.6. The number of terminal acetylenes is 1. The first kappa shape index (κ1) is 18.9. The molecule has 0 fully saturated rings. The van der Waals surface area contributed by atoms with Crippen LogP contribution in [-0.4, -0.2) is 30.2 Å². The van der Waals surface area contributed by atoms with Gasteiger partial charge in [0.2, 0.25) is 0 Å². The van der Waals surface area contributed by atoms with Crippen LogP contribution in [0.5, 0.6) is 5.75 Å². The predicted octanol–water partition coefficient (Wildman–Crippen LogP) is 4.07. The molecule has 23 heavy (non-hydrogen) atoms. The van der Waals surface area contributed by atoms with Crippen molar-refractivity contribution in [1.29, 1.82) is 0 Å². The fourth-order valence-corrected chi connectivity index (χ4v) is 1.85. The zero-order valence-corrected chi connectivity index (χ0v) is 15.0. The maximum absolute atomic E-state index is 12.0. The second-order valence-electron chi connectivity index (χ2n) is 7.02. The Hall–Kier alpha value is -2.15. The lowest BCUT2D eigenvalue weighted by Gasteiger charge is -2.24. The highest BCUT2D eigenvalue weighted by atomic mass is 16.6. The molecule has 0 heterocycles. The van der Waals surface area contributed by atoms with Gasteiger partial charge in [-0.3, -0.25) is 0 Å². The Bertz CT molecular complexity index is 579. The Labute approximate surface area is 139 Å². The smallest absolute Gasteiger partial charge is 0.410 e. The number of hydrogen-bond donors (Lipinski definition) is 0. The topological polar surface area (TPSA) is 38.8 Å². The Morgan fingerprint density at radius 2 is 2.00 bits per heavy atom. The summed E-state index contributed by atoms with van der Waals surface area (Å²) in [4.78, 5) is 13.5. The molecule has 0 saturated heterocycles. The van der Waals surface area contributed by atoms with E-state index in [9.17, 15) is 4.79 Å². The molecule has 0 bridgehead atoms. The van der Waals surface area contributed by atoms with Crippen LogP contribution in [0.3, 0.4) is 0 Å². The van der Waals surface area contributed by atoms with E-state index in [0.717, 1.165) is 5.56 Å². The number of ether oxygens (including phenoxy) is 2. The highest BCUT2D eigenvalue weighted by molar-refractivity contribution is 5.67. The van der Waals surface area contributed by atoms with Gasteiger partial charge in [-0.15, -0.1) is 6.42 Å². The van der Waals surface area contributed by atoms with E-state index in [1.807, 2.05) is 39.0 Å². The third-order valence-corrected chi connectivity index (χ3v) is 2.90. The van der Waals surface area contributed by atoms with Gasteiger partial charge in [0.15, 0.2) is 0 Å². The standard InChI is InChI=1S/C19H27NO3/c1-8-16-11-15(9-10-17(16)22-13-14(2)3)12-20(7)18(21)23-19(4,5)6/h1,9-11,14H,12-13H2,2-7H3. The molecule has 0 unspecified atom stereocenters. The molecule has 0 aromatic heterocycles. The fraction of sp³-hybridized carbons (Fsp3) is 0.526. The first-order valence-corrected chi connectivity index (χ1v) is 7.79. The van der Waals surface area contributed by atoms with Crippen LogP contribution in [0.1, 0.15) is 45.7 Å². The molecular weight excluding hydrogens is 290 g/mol. The Balaban J connectivity index is 2.78. The number of nitrogens with zero attached hydrogens (tertiary/aromatic N) is 1. The third-order valence-electron chi connectivity index (χ3n) is 2.90. The molecule has 4 nitrogen and oxygen atoms in total. The lowest BCUT2D eigenvalue weighted by atomic mass is 10.1. The summed E-state index contributed by atoms with van der Waals surface area (Å²) in [5, 5.41) is 0. The lowest BCUT2D eigenvalue weighted by molar-refractivity contribution is 0.0285. The molecule has 0 aliphatic heterocycles. The highest BCUT2D eigenvalue weighted by Gasteiger charge is 2.19. The molecule has 0 aliphatic carbocycles. The van der Waals surface area contributed by atoms with E-state index in [-0.39, 0.29) is 6.09 Å². The van der Waals surface area contributed by atoms with Crippen LogP contribution in [0.25, 0.3) is 0 Å². The van der Waals surface area contributed by atoms with Crippen LogP contribution in [0.4, 0.5) is 4.79 Å². The van der Waals surface area contributed by atoms with Crippen molar-refractivity contribution >= 4 is 6.09 Å². The van der Waals surface area contributed by atoms with E-state index >= 15 is 0 Å². The lowest BCUT2D eigenvalue weighted by Crippen LogP contribution is -2.33. The molecule has 1 aromatic rings. The van der Waals surface area contributed by atoms with Crippen molar-refractivity contribution in [3.63, 3.8) is 0 Å². The van der Waals surface area contributed by atoms with E-state index in [2.05, 4.69) is 19.8 Å². The molecule has 0 aliphatic rings. The van der Waals surface area contributed by atoms with E-state index < -0.39 is 5.60 Å². The van der Waals surface area contributed by atoms with Gasteiger partial charge in [-0.1, -0.05) is 25.8 Å². The average Bonchev–Trinajstić information content (AvgIpc) is 2.43. The van der Waals surface area contributed by atoms with E-state index in [0.29, 0.717) is 30.4 Å². The van der Waals surface area contributed by atoms with E-state index in [1.54, 1.807) is 7.05 Å². The Morgan fingerprint density at radius 3 is 2.52 bits per heavy atom. The van der Waals surface area contributed by atoms with Crippen LogP contribution < -0.4 is 4.74 Å². The minimum Gasteiger partial charge on any atom is -0.492 e. The molecule has 126 valence electrons. The first-order valence-electron chi connectivity index (χ1n) is 7.79. The van der Waals surface area contributed by atoms with Crippen molar-refractivity contribution in [2.45, 2.75) is 46.8 Å². The predicted molar refractivity (Wildman–Crippen MR) is 92.4 cm³/mol. The van der Waals surface area contributed by atoms with E-state index in [1.165, 1.54) is 4.90 Å². The molecular formula is C19H27NO3. The maximum Gasteiger partial charge on any atom is 0.410 e. The second kappa shape index (κ2) is 7.92. The van der Waals surface area contributed by atoms with Gasteiger partial charge in [0, 0.05) is 13.6 Å². The number of hydrogen-bond acceptors (Lipinski definition) is 3. The summed E-state index contributed by atoms with van der Waals surface area (Å²) in [7, 11) is 1.70. The van der Waals surface area contributed by atoms with Crippen molar-refractivity contribution < 1.29 is 14.3 Å². The molecule has 0 saturated carbocycles. The van der Waals surface area contributed by atoms with Crippen molar-refractivity contribution in [3.8, 4) is 18.1 Å². The van der Waals surface area contributed by atoms with Gasteiger partial charge in [0.1, 0.15) is 11.4 Å². The molecule has 1 amide bonds. The molecule has 1 aromatic carbocycles. The van der Waals surface area contributed by atoms with Crippen LogP contribution in [0.15, 0.2) is 18.2 Å². The minimum absolute atomic E-state index is 0.361. The van der Waals surface area contributed by atoms with E-state index in [4.69, 9.17) is 15.9 Å². The van der Waals surface area contributed by atoms with Crippen LogP contribution in [0, 0.1) is 18.3 Å². The Morgan fingerprint density at radius 1 is 1.35 bits per heavy atom. The third kappa shape index (κ3) is 6.65. The van der Waals surface area contributed by atoms with Gasteiger partial charge in [0.05, 0.1) is 12.2 Å². The number of carbonyl (C=O) groups is 1. The number of rotatable bonds is 5. The molecule has 0 N–H and O–H groups in total. The summed E-state index contributed by atoms with van der Waals surface area (Å²) >= 11 is 0. The van der Waals surface area contributed by atoms with Crippen molar-refractivity contribution in [2.24, 2.45) is 5.92 Å². The summed E-state index contributed by atoms with van der Waals surface area (Å²) in [5.74, 6) is 3.77. The summed E-state index contributed by atoms with van der Waals surface area (Å²) in [6.07, 6.45) is 5.20. The van der Waals surface area contributed by atoms with Crippen molar-refractivity contribution in [2.75, 3.05) is 13.7 Å². The largest absolute Gasteiger partial charge is 0.492 e. The summed E-state index contributed by atoms with van der Waals surface area (Å²) < 4.78 is 11.1. The van der Waals surface area contributed by atoms with Gasteiger partial charge in [-0.05, 0) is 44.4 Å². The fourth-order valence-electron chi connectivity index (χ4n) is 1.85. The molecule has 0 spiro atoms. The molecule has 4 heteroatoms. The maximum atomic E-state index is 12.0. The van der Waals surface area contributed by atoms with Crippen molar-refractivity contribution in [1.82, 2.24) is 4.90 Å². The SMILES string of the molecule is C#Cc1cc(CN(C)C(=O)OC(C)(C)C)ccc1OCC(C)C. The average molecular weight is 317 g/mol. The van der Waals surface area contributed by atoms with Gasteiger partial charge in [-0.2, -0.15) is 0 Å². The number of benzene rings is 1. The van der Waals surface area contributed by atoms with Crippen LogP contribution in [-0.2, 0) is 11.3 Å². The first-order chi connectivity index (χ1) is 10.6. The monoisotopic (exact) mass is 317 g/mol. The number of carbonyl (C=O) groups excluding carboxylic acids is 1. The second-order valence-corrected chi connectivity index (χ2v) is 7.02. The summed E-state index contributed by atoms with van der Waals surface area (Å²) in [5.41, 5.74) is 1.12. The highest BCUT2D eigenvalue weighted by Crippen LogP contribution is 2.21. The van der Waals surface area contributed by atoms with Gasteiger partial charge in [0.25, 0.3) is 0 Å². The van der Waals surface area contributed by atoms with Gasteiger partial charge >= 0.3 is 6.09 Å². The zero-order valence-electron chi connectivity index (χ0n) is 15.0. The minimum atomic E-state index is -0.510. The number of amides is 1. The summed E-state index contributed by atoms with van der Waals surface area (Å²) in [6, 6.07) is 5.64. The van der Waals surface area contributed by atoms with Gasteiger partial charge in [-0.25, -0.2) is 4.79 Å². The molecule has 1 rings (SSSR count). The normalized spacial score (nSPS) is 11.0. The van der Waals surface area contributed by atoms with Crippen LogP contribution in [0.2, 0.25) is 0 Å². The molecule has 0 radical (unpaired) electrons. The van der Waals surface area contributed by atoms with Crippen molar-refractivity contribution in [3.05, 3.63) is 29.3 Å². The summed E-state index contributed by atoms with van der Waals surface area (Å²) in [6.45, 7) is 10.7. The van der Waals surface area contributed by atoms with Gasteiger partial charge < -0.3 is 14.4 Å². The Kier molecular flexibility index (Phi) is 6.50. The van der Waals surface area contributed by atoms with Crippen LogP contribution >= 0.6 is 0 Å². The quantitative estimate of drug-likeness (QED) is 0.768.